The summed E-state index contributed by atoms with van der Waals surface area (Å²) in [6.07, 6.45) is 2.19. The Balaban J connectivity index is 1.93. The molecule has 2 nitrogen and oxygen atoms in total. The summed E-state index contributed by atoms with van der Waals surface area (Å²) in [5.74, 6) is 0.471. The maximum absolute atomic E-state index is 13.6. The summed E-state index contributed by atoms with van der Waals surface area (Å²) in [5, 5.41) is 0. The maximum atomic E-state index is 13.6. The van der Waals surface area contributed by atoms with E-state index in [1.807, 2.05) is 24.3 Å². The third-order valence-electron chi connectivity index (χ3n) is 3.20. The van der Waals surface area contributed by atoms with Crippen LogP contribution in [0.5, 0.6) is 5.75 Å². The number of ether oxygens (including phenoxy) is 1. The molecule has 2 N–H and O–H groups in total. The summed E-state index contributed by atoms with van der Waals surface area (Å²) in [4.78, 5) is 0. The Morgan fingerprint density at radius 2 is 1.80 bits per heavy atom. The fourth-order valence-electron chi connectivity index (χ4n) is 2.09. The van der Waals surface area contributed by atoms with Gasteiger partial charge in [0.15, 0.2) is 0 Å². The Labute approximate surface area is 119 Å². The van der Waals surface area contributed by atoms with E-state index in [2.05, 4.69) is 6.92 Å². The highest BCUT2D eigenvalue weighted by Gasteiger charge is 2.11. The van der Waals surface area contributed by atoms with Crippen LogP contribution in [-0.4, -0.2) is 6.61 Å². The van der Waals surface area contributed by atoms with Gasteiger partial charge in [-0.05, 0) is 30.2 Å². The van der Waals surface area contributed by atoms with Gasteiger partial charge in [0.05, 0.1) is 6.04 Å². The highest BCUT2D eigenvalue weighted by molar-refractivity contribution is 5.28. The summed E-state index contributed by atoms with van der Waals surface area (Å²) in [6.45, 7) is 2.41. The van der Waals surface area contributed by atoms with E-state index in [4.69, 9.17) is 10.5 Å². The minimum absolute atomic E-state index is 0.258. The largest absolute Gasteiger partial charge is 0.492 e. The SMILES string of the molecule is CCCc1ccc(OCC(N)c2ccccc2F)cc1. The molecule has 0 aliphatic carbocycles. The number of halogens is 1. The van der Waals surface area contributed by atoms with Crippen LogP contribution < -0.4 is 10.5 Å². The fourth-order valence-corrected chi connectivity index (χ4v) is 2.09. The molecule has 0 fully saturated rings. The summed E-state index contributed by atoms with van der Waals surface area (Å²) >= 11 is 0. The molecule has 0 radical (unpaired) electrons. The molecule has 0 aliphatic heterocycles. The van der Waals surface area contributed by atoms with Crippen LogP contribution in [-0.2, 0) is 6.42 Å². The number of hydrogen-bond donors (Lipinski definition) is 1. The molecule has 0 aromatic heterocycles. The molecule has 2 rings (SSSR count). The average molecular weight is 273 g/mol. The van der Waals surface area contributed by atoms with Crippen LogP contribution in [0.1, 0.15) is 30.5 Å². The first-order valence-corrected chi connectivity index (χ1v) is 6.92. The van der Waals surface area contributed by atoms with Crippen molar-refractivity contribution in [3.05, 3.63) is 65.5 Å². The van der Waals surface area contributed by atoms with Gasteiger partial charge in [0.25, 0.3) is 0 Å². The molecule has 20 heavy (non-hydrogen) atoms. The van der Waals surface area contributed by atoms with Crippen molar-refractivity contribution in [2.24, 2.45) is 5.73 Å². The van der Waals surface area contributed by atoms with E-state index in [0.717, 1.165) is 18.6 Å². The molecule has 0 aliphatic rings. The van der Waals surface area contributed by atoms with Crippen molar-refractivity contribution in [3.63, 3.8) is 0 Å². The van der Waals surface area contributed by atoms with E-state index in [-0.39, 0.29) is 12.4 Å². The standard InChI is InChI=1S/C17H20FNO/c1-2-5-13-8-10-14(11-9-13)20-12-17(19)15-6-3-4-7-16(15)18/h3-4,6-11,17H,2,5,12,19H2,1H3. The molecule has 2 aromatic carbocycles. The van der Waals surface area contributed by atoms with Crippen LogP contribution in [0, 0.1) is 5.82 Å². The van der Waals surface area contributed by atoms with E-state index in [1.54, 1.807) is 18.2 Å². The van der Waals surface area contributed by atoms with E-state index < -0.39 is 6.04 Å². The minimum Gasteiger partial charge on any atom is -0.492 e. The molecule has 2 aromatic rings. The predicted octanol–water partition coefficient (Wildman–Crippen LogP) is 3.86. The van der Waals surface area contributed by atoms with Gasteiger partial charge in [-0.1, -0.05) is 43.7 Å². The lowest BCUT2D eigenvalue weighted by Gasteiger charge is -2.14. The van der Waals surface area contributed by atoms with Crippen molar-refractivity contribution in [2.75, 3.05) is 6.61 Å². The molecule has 1 unspecified atom stereocenters. The number of nitrogens with two attached hydrogens (primary N) is 1. The first-order valence-electron chi connectivity index (χ1n) is 6.92. The molecular formula is C17H20FNO. The third kappa shape index (κ3) is 3.81. The van der Waals surface area contributed by atoms with Gasteiger partial charge < -0.3 is 10.5 Å². The molecule has 0 spiro atoms. The van der Waals surface area contributed by atoms with Crippen molar-refractivity contribution in [2.45, 2.75) is 25.8 Å². The summed E-state index contributed by atoms with van der Waals surface area (Å²) in [6, 6.07) is 14.0. The fraction of sp³-hybridized carbons (Fsp3) is 0.294. The first kappa shape index (κ1) is 14.5. The minimum atomic E-state index is -0.466. The number of rotatable bonds is 6. The maximum Gasteiger partial charge on any atom is 0.128 e. The zero-order valence-electron chi connectivity index (χ0n) is 11.7. The van der Waals surface area contributed by atoms with Crippen molar-refractivity contribution in [1.29, 1.82) is 0 Å². The highest BCUT2D eigenvalue weighted by atomic mass is 19.1. The smallest absolute Gasteiger partial charge is 0.128 e. The average Bonchev–Trinajstić information content (AvgIpc) is 2.47. The molecule has 0 amide bonds. The molecule has 106 valence electrons. The zero-order valence-corrected chi connectivity index (χ0v) is 11.7. The van der Waals surface area contributed by atoms with Crippen LogP contribution in [0.3, 0.4) is 0 Å². The Bertz CT molecular complexity index is 539. The Hall–Kier alpha value is -1.87. The van der Waals surface area contributed by atoms with E-state index in [0.29, 0.717) is 5.56 Å². The van der Waals surface area contributed by atoms with Gasteiger partial charge in [-0.2, -0.15) is 0 Å². The normalized spacial score (nSPS) is 12.2. The van der Waals surface area contributed by atoms with E-state index in [1.165, 1.54) is 11.6 Å². The predicted molar refractivity (Wildman–Crippen MR) is 79.3 cm³/mol. The molecule has 0 bridgehead atoms. The third-order valence-corrected chi connectivity index (χ3v) is 3.20. The van der Waals surface area contributed by atoms with Crippen LogP contribution in [0.2, 0.25) is 0 Å². The second-order valence-corrected chi connectivity index (χ2v) is 4.83. The summed E-state index contributed by atoms with van der Waals surface area (Å²) in [5.41, 5.74) is 7.73. The van der Waals surface area contributed by atoms with Gasteiger partial charge in [-0.3, -0.25) is 0 Å². The van der Waals surface area contributed by atoms with E-state index in [9.17, 15) is 4.39 Å². The van der Waals surface area contributed by atoms with Crippen molar-refractivity contribution >= 4 is 0 Å². The molecule has 3 heteroatoms. The number of benzene rings is 2. The van der Waals surface area contributed by atoms with Gasteiger partial charge in [0.2, 0.25) is 0 Å². The highest BCUT2D eigenvalue weighted by Crippen LogP contribution is 2.18. The topological polar surface area (TPSA) is 35.2 Å². The molecule has 0 saturated heterocycles. The van der Waals surface area contributed by atoms with Gasteiger partial charge in [-0.15, -0.1) is 0 Å². The lowest BCUT2D eigenvalue weighted by Crippen LogP contribution is -2.20. The molecule has 0 saturated carbocycles. The van der Waals surface area contributed by atoms with Crippen LogP contribution in [0.15, 0.2) is 48.5 Å². The van der Waals surface area contributed by atoms with Gasteiger partial charge in [-0.25, -0.2) is 4.39 Å². The van der Waals surface area contributed by atoms with Crippen molar-refractivity contribution in [3.8, 4) is 5.75 Å². The summed E-state index contributed by atoms with van der Waals surface area (Å²) < 4.78 is 19.2. The Kier molecular flexibility index (Phi) is 5.13. The second-order valence-electron chi connectivity index (χ2n) is 4.83. The van der Waals surface area contributed by atoms with Crippen LogP contribution in [0.25, 0.3) is 0 Å². The molecular weight excluding hydrogens is 253 g/mol. The lowest BCUT2D eigenvalue weighted by atomic mass is 10.1. The number of aryl methyl sites for hydroxylation is 1. The first-order chi connectivity index (χ1) is 9.70. The molecule has 0 heterocycles. The van der Waals surface area contributed by atoms with Gasteiger partial charge in [0.1, 0.15) is 18.2 Å². The molecule has 1 atom stereocenters. The Morgan fingerprint density at radius 1 is 1.10 bits per heavy atom. The van der Waals surface area contributed by atoms with Crippen molar-refractivity contribution in [1.82, 2.24) is 0 Å². The van der Waals surface area contributed by atoms with Crippen LogP contribution >= 0.6 is 0 Å². The van der Waals surface area contributed by atoms with Crippen LogP contribution in [0.4, 0.5) is 4.39 Å². The summed E-state index contributed by atoms with van der Waals surface area (Å²) in [7, 11) is 0. The van der Waals surface area contributed by atoms with Gasteiger partial charge >= 0.3 is 0 Å². The zero-order chi connectivity index (χ0) is 14.4. The second kappa shape index (κ2) is 7.06. The quantitative estimate of drug-likeness (QED) is 0.867. The monoisotopic (exact) mass is 273 g/mol. The van der Waals surface area contributed by atoms with Gasteiger partial charge in [0, 0.05) is 5.56 Å². The van der Waals surface area contributed by atoms with Crippen molar-refractivity contribution < 1.29 is 9.13 Å². The van der Waals surface area contributed by atoms with E-state index >= 15 is 0 Å². The lowest BCUT2D eigenvalue weighted by molar-refractivity contribution is 0.287. The number of hydrogen-bond acceptors (Lipinski definition) is 2. The Morgan fingerprint density at radius 3 is 2.45 bits per heavy atom.